The molecule has 0 fully saturated rings. The van der Waals surface area contributed by atoms with Crippen LogP contribution in [0.2, 0.25) is 0 Å². The van der Waals surface area contributed by atoms with Crippen LogP contribution in [0.25, 0.3) is 0 Å². The van der Waals surface area contributed by atoms with Crippen LogP contribution < -0.4 is 5.73 Å². The van der Waals surface area contributed by atoms with E-state index in [1.807, 2.05) is 6.92 Å². The van der Waals surface area contributed by atoms with Gasteiger partial charge in [-0.05, 0) is 47.2 Å². The van der Waals surface area contributed by atoms with Crippen LogP contribution in [0.4, 0.5) is 4.39 Å². The molecule has 0 saturated heterocycles. The van der Waals surface area contributed by atoms with Gasteiger partial charge in [0.1, 0.15) is 5.82 Å². The van der Waals surface area contributed by atoms with Gasteiger partial charge >= 0.3 is 0 Å². The number of aliphatic hydroxyl groups is 1. The monoisotopic (exact) mass is 345 g/mol. The third-order valence-electron chi connectivity index (χ3n) is 2.15. The SMILES string of the molecule is CC[C@@H](O)[C@@H](N)c1cc(I)ccc1F.Cl. The maximum atomic E-state index is 13.3. The number of hydrogen-bond donors (Lipinski definition) is 2. The molecule has 86 valence electrons. The maximum Gasteiger partial charge on any atom is 0.128 e. The molecule has 0 spiro atoms. The van der Waals surface area contributed by atoms with Crippen molar-refractivity contribution in [3.05, 3.63) is 33.1 Å². The van der Waals surface area contributed by atoms with Crippen LogP contribution in [0, 0.1) is 9.39 Å². The maximum absolute atomic E-state index is 13.3. The van der Waals surface area contributed by atoms with Gasteiger partial charge in [0.05, 0.1) is 12.1 Å². The summed E-state index contributed by atoms with van der Waals surface area (Å²) in [4.78, 5) is 0. The summed E-state index contributed by atoms with van der Waals surface area (Å²) in [7, 11) is 0. The summed E-state index contributed by atoms with van der Waals surface area (Å²) in [6.07, 6.45) is -0.172. The molecule has 2 nitrogen and oxygen atoms in total. The van der Waals surface area contributed by atoms with Crippen LogP contribution in [0.3, 0.4) is 0 Å². The molecule has 1 rings (SSSR count). The molecule has 0 aromatic heterocycles. The van der Waals surface area contributed by atoms with E-state index >= 15 is 0 Å². The van der Waals surface area contributed by atoms with E-state index in [1.165, 1.54) is 6.07 Å². The fourth-order valence-corrected chi connectivity index (χ4v) is 1.75. The Morgan fingerprint density at radius 2 is 2.13 bits per heavy atom. The summed E-state index contributed by atoms with van der Waals surface area (Å²) in [5.74, 6) is -0.356. The van der Waals surface area contributed by atoms with E-state index in [1.54, 1.807) is 12.1 Å². The Morgan fingerprint density at radius 1 is 1.53 bits per heavy atom. The van der Waals surface area contributed by atoms with Gasteiger partial charge < -0.3 is 10.8 Å². The Balaban J connectivity index is 0.00000196. The quantitative estimate of drug-likeness (QED) is 0.827. The van der Waals surface area contributed by atoms with Gasteiger partial charge in [-0.25, -0.2) is 4.39 Å². The highest BCUT2D eigenvalue weighted by Crippen LogP contribution is 2.21. The van der Waals surface area contributed by atoms with Gasteiger partial charge in [0.15, 0.2) is 0 Å². The first-order valence-corrected chi connectivity index (χ1v) is 5.52. The number of benzene rings is 1. The molecule has 0 unspecified atom stereocenters. The van der Waals surface area contributed by atoms with Crippen molar-refractivity contribution in [1.29, 1.82) is 0 Å². The highest BCUT2D eigenvalue weighted by atomic mass is 127. The molecule has 15 heavy (non-hydrogen) atoms. The van der Waals surface area contributed by atoms with Crippen molar-refractivity contribution in [3.63, 3.8) is 0 Å². The Morgan fingerprint density at radius 3 is 2.67 bits per heavy atom. The number of rotatable bonds is 3. The van der Waals surface area contributed by atoms with Crippen molar-refractivity contribution in [1.82, 2.24) is 0 Å². The Hall–Kier alpha value is 0.0900. The van der Waals surface area contributed by atoms with Gasteiger partial charge in [0.2, 0.25) is 0 Å². The molecule has 3 N–H and O–H groups in total. The van der Waals surface area contributed by atoms with E-state index in [4.69, 9.17) is 5.73 Å². The molecule has 0 aliphatic heterocycles. The van der Waals surface area contributed by atoms with Gasteiger partial charge in [0.25, 0.3) is 0 Å². The first-order valence-electron chi connectivity index (χ1n) is 4.44. The first-order chi connectivity index (χ1) is 6.56. The highest BCUT2D eigenvalue weighted by molar-refractivity contribution is 14.1. The van der Waals surface area contributed by atoms with Crippen molar-refractivity contribution in [2.45, 2.75) is 25.5 Å². The average Bonchev–Trinajstić information content (AvgIpc) is 2.19. The minimum absolute atomic E-state index is 0. The molecule has 1 aromatic carbocycles. The first kappa shape index (κ1) is 15.1. The molecule has 0 saturated carbocycles. The molecular formula is C10H14ClFINO. The molecule has 0 radical (unpaired) electrons. The van der Waals surface area contributed by atoms with E-state index in [0.29, 0.717) is 12.0 Å². The topological polar surface area (TPSA) is 46.2 Å². The molecular weight excluding hydrogens is 331 g/mol. The van der Waals surface area contributed by atoms with Crippen LogP contribution in [0.5, 0.6) is 0 Å². The lowest BCUT2D eigenvalue weighted by Crippen LogP contribution is -2.26. The minimum atomic E-state index is -0.692. The molecule has 2 atom stereocenters. The predicted molar refractivity (Wildman–Crippen MR) is 69.6 cm³/mol. The zero-order valence-electron chi connectivity index (χ0n) is 8.28. The second-order valence-corrected chi connectivity index (χ2v) is 4.41. The van der Waals surface area contributed by atoms with E-state index in [9.17, 15) is 9.50 Å². The molecule has 0 amide bonds. The number of hydrogen-bond acceptors (Lipinski definition) is 2. The molecule has 0 bridgehead atoms. The Labute approximate surface area is 109 Å². The van der Waals surface area contributed by atoms with Crippen molar-refractivity contribution in [2.75, 3.05) is 0 Å². The second kappa shape index (κ2) is 6.62. The molecule has 1 aromatic rings. The van der Waals surface area contributed by atoms with Gasteiger partial charge in [-0.15, -0.1) is 12.4 Å². The highest BCUT2D eigenvalue weighted by Gasteiger charge is 2.18. The van der Waals surface area contributed by atoms with E-state index in [0.717, 1.165) is 3.57 Å². The number of nitrogens with two attached hydrogens (primary N) is 1. The van der Waals surface area contributed by atoms with Crippen LogP contribution in [-0.2, 0) is 0 Å². The van der Waals surface area contributed by atoms with Crippen LogP contribution in [0.1, 0.15) is 24.9 Å². The van der Waals surface area contributed by atoms with Crippen molar-refractivity contribution in [2.24, 2.45) is 5.73 Å². The summed E-state index contributed by atoms with van der Waals surface area (Å²) in [5, 5.41) is 9.50. The second-order valence-electron chi connectivity index (χ2n) is 3.17. The zero-order valence-corrected chi connectivity index (χ0v) is 11.3. The third-order valence-corrected chi connectivity index (χ3v) is 2.82. The average molecular weight is 346 g/mol. The normalized spacial score (nSPS) is 14.2. The number of aliphatic hydroxyl groups excluding tert-OH is 1. The standard InChI is InChI=1S/C10H13FINO.ClH/c1-2-9(14)10(13)7-5-6(12)3-4-8(7)11;/h3-5,9-10,14H,2,13H2,1H3;1H/t9-,10+;/m1./s1. The molecule has 5 heteroatoms. The van der Waals surface area contributed by atoms with Crippen molar-refractivity contribution in [3.8, 4) is 0 Å². The molecule has 0 aliphatic rings. The van der Waals surface area contributed by atoms with E-state index in [2.05, 4.69) is 22.6 Å². The zero-order chi connectivity index (χ0) is 10.7. The largest absolute Gasteiger partial charge is 0.391 e. The summed E-state index contributed by atoms with van der Waals surface area (Å²) < 4.78 is 14.2. The Bertz CT molecular complexity index is 324. The van der Waals surface area contributed by atoms with Crippen molar-refractivity contribution >= 4 is 35.0 Å². The smallest absolute Gasteiger partial charge is 0.128 e. The van der Waals surface area contributed by atoms with E-state index < -0.39 is 12.1 Å². The summed E-state index contributed by atoms with van der Waals surface area (Å²) >= 11 is 2.09. The van der Waals surface area contributed by atoms with Gasteiger partial charge in [-0.3, -0.25) is 0 Å². The number of halogens is 3. The summed E-state index contributed by atoms with van der Waals surface area (Å²) in [5.41, 5.74) is 6.11. The molecule has 0 aliphatic carbocycles. The summed E-state index contributed by atoms with van der Waals surface area (Å²) in [6, 6.07) is 4.07. The van der Waals surface area contributed by atoms with Crippen LogP contribution >= 0.6 is 35.0 Å². The fourth-order valence-electron chi connectivity index (χ4n) is 1.23. The lowest BCUT2D eigenvalue weighted by Gasteiger charge is -2.18. The minimum Gasteiger partial charge on any atom is -0.391 e. The van der Waals surface area contributed by atoms with Gasteiger partial charge in [0, 0.05) is 9.13 Å². The lowest BCUT2D eigenvalue weighted by molar-refractivity contribution is 0.139. The van der Waals surface area contributed by atoms with Gasteiger partial charge in [-0.2, -0.15) is 0 Å². The molecule has 0 heterocycles. The summed E-state index contributed by atoms with van der Waals surface area (Å²) in [6.45, 7) is 1.82. The van der Waals surface area contributed by atoms with E-state index in [-0.39, 0.29) is 18.2 Å². The lowest BCUT2D eigenvalue weighted by atomic mass is 10.0. The third kappa shape index (κ3) is 3.86. The Kier molecular flexibility index (Phi) is 6.66. The predicted octanol–water partition coefficient (Wildman–Crippen LogP) is 2.62. The fraction of sp³-hybridized carbons (Fsp3) is 0.400. The van der Waals surface area contributed by atoms with Crippen LogP contribution in [0.15, 0.2) is 18.2 Å². The van der Waals surface area contributed by atoms with Gasteiger partial charge in [-0.1, -0.05) is 6.92 Å². The van der Waals surface area contributed by atoms with Crippen LogP contribution in [-0.4, -0.2) is 11.2 Å². The van der Waals surface area contributed by atoms with Crippen molar-refractivity contribution < 1.29 is 9.50 Å².